The van der Waals surface area contributed by atoms with Crippen LogP contribution < -0.4 is 21.3 Å². The molecule has 0 saturated carbocycles. The Morgan fingerprint density at radius 1 is 0.505 bits per heavy atom. The van der Waals surface area contributed by atoms with Crippen LogP contribution in [0.2, 0.25) is 0 Å². The summed E-state index contributed by atoms with van der Waals surface area (Å²) in [5.41, 5.74) is 0. The quantitative estimate of drug-likeness (QED) is 0.0503. The van der Waals surface area contributed by atoms with Crippen molar-refractivity contribution in [3.8, 4) is 0 Å². The first-order chi connectivity index (χ1) is 44.9. The van der Waals surface area contributed by atoms with Crippen LogP contribution in [0.15, 0.2) is 24.3 Å². The number of nitrogens with one attached hydrogen (secondary N) is 4. The summed E-state index contributed by atoms with van der Waals surface area (Å²) in [6.45, 7) is 27.2. The summed E-state index contributed by atoms with van der Waals surface area (Å²) in [7, 11) is 9.47. The lowest BCUT2D eigenvalue weighted by Crippen LogP contribution is -2.64. The zero-order valence-corrected chi connectivity index (χ0v) is 61.9. The van der Waals surface area contributed by atoms with Gasteiger partial charge in [0.15, 0.2) is 0 Å². The van der Waals surface area contributed by atoms with E-state index in [9.17, 15) is 47.9 Å². The SMILES string of the molecule is C/C=C/C[C@@H](C)C(OC(=O)OCOC(=O)/C=C/C(=O)O)C1C(=O)NC(CC)C(=O)N(C)CC(=O)N(C)[C@@H](CC(C)C)C(=O)NC(C(C)C)C(=O)N(C)C(CC(C)C)C(=O)NC(C)C(=O)NC(C)C(=O)N(C)C(CC(C)C)C(=O)N(C)C(CC(C)C)C(=O)N(C)C(C(C)C)C(=O)N1C. The lowest BCUT2D eigenvalue weighted by Gasteiger charge is -2.42. The van der Waals surface area contributed by atoms with E-state index in [2.05, 4.69) is 21.3 Å². The van der Waals surface area contributed by atoms with Crippen molar-refractivity contribution < 1.29 is 86.4 Å². The number of amides is 11. The maximum Gasteiger partial charge on any atom is 0.511 e. The average molecular weight is 1370 g/mol. The molecule has 29 heteroatoms. The first-order valence-electron chi connectivity index (χ1n) is 33.5. The molecule has 0 spiro atoms. The minimum atomic E-state index is -1.88. The smallest absolute Gasteiger partial charge is 0.478 e. The molecule has 29 nitrogen and oxygen atoms in total. The number of allylic oxidation sites excluding steroid dienone is 2. The third-order valence-corrected chi connectivity index (χ3v) is 17.0. The van der Waals surface area contributed by atoms with E-state index < -0.39 is 181 Å². The highest BCUT2D eigenvalue weighted by Gasteiger charge is 2.47. The van der Waals surface area contributed by atoms with Crippen LogP contribution in [-0.4, -0.2) is 252 Å². The van der Waals surface area contributed by atoms with E-state index in [4.69, 9.17) is 19.3 Å². The lowest BCUT2D eigenvalue weighted by atomic mass is 9.91. The van der Waals surface area contributed by atoms with Gasteiger partial charge in [0.25, 0.3) is 0 Å². The second-order valence-electron chi connectivity index (χ2n) is 27.8. The van der Waals surface area contributed by atoms with Gasteiger partial charge < -0.3 is 74.9 Å². The van der Waals surface area contributed by atoms with Gasteiger partial charge in [0, 0.05) is 61.5 Å². The van der Waals surface area contributed by atoms with Gasteiger partial charge in [-0.25, -0.2) is 14.4 Å². The highest BCUT2D eigenvalue weighted by atomic mass is 16.8. The van der Waals surface area contributed by atoms with Crippen molar-refractivity contribution >= 4 is 83.1 Å². The molecule has 0 aromatic carbocycles. The maximum atomic E-state index is 15.6. The largest absolute Gasteiger partial charge is 0.511 e. The van der Waals surface area contributed by atoms with Gasteiger partial charge in [0.05, 0.1) is 6.54 Å². The predicted octanol–water partition coefficient (Wildman–Crippen LogP) is 3.57. The Morgan fingerprint density at radius 2 is 0.959 bits per heavy atom. The molecule has 11 amide bonds. The molecule has 550 valence electrons. The van der Waals surface area contributed by atoms with Gasteiger partial charge in [0.1, 0.15) is 66.5 Å². The fourth-order valence-corrected chi connectivity index (χ4v) is 11.3. The number of carboxylic acid groups (broad SMARTS) is 1. The van der Waals surface area contributed by atoms with Gasteiger partial charge >= 0.3 is 18.1 Å². The summed E-state index contributed by atoms with van der Waals surface area (Å²) >= 11 is 0. The molecular formula is C68H115N11O18. The number of nitrogens with zero attached hydrogens (tertiary/aromatic N) is 7. The van der Waals surface area contributed by atoms with E-state index in [1.165, 1.54) is 77.9 Å². The zero-order valence-electron chi connectivity index (χ0n) is 61.9. The lowest BCUT2D eigenvalue weighted by molar-refractivity contribution is -0.158. The molecule has 1 fully saturated rings. The van der Waals surface area contributed by atoms with Crippen molar-refractivity contribution in [1.29, 1.82) is 0 Å². The summed E-state index contributed by atoms with van der Waals surface area (Å²) in [4.78, 5) is 207. The van der Waals surface area contributed by atoms with Crippen LogP contribution in [0.3, 0.4) is 0 Å². The van der Waals surface area contributed by atoms with Crippen LogP contribution in [0.1, 0.15) is 156 Å². The number of carbonyl (C=O) groups excluding carboxylic acids is 13. The van der Waals surface area contributed by atoms with Gasteiger partial charge in [-0.2, -0.15) is 0 Å². The van der Waals surface area contributed by atoms with Crippen LogP contribution in [-0.2, 0) is 76.5 Å². The van der Waals surface area contributed by atoms with Crippen molar-refractivity contribution in [3.63, 3.8) is 0 Å². The Labute approximate surface area is 574 Å². The maximum absolute atomic E-state index is 15.6. The highest BCUT2D eigenvalue weighted by Crippen LogP contribution is 2.27. The summed E-state index contributed by atoms with van der Waals surface area (Å²) in [5.74, 6) is -14.1. The molecule has 0 aromatic rings. The van der Waals surface area contributed by atoms with Crippen LogP contribution in [0, 0.1) is 41.4 Å². The third kappa shape index (κ3) is 26.3. The van der Waals surface area contributed by atoms with E-state index in [1.54, 1.807) is 60.6 Å². The molecule has 0 radical (unpaired) electrons. The number of hydrogen-bond donors (Lipinski definition) is 5. The molecule has 0 bridgehead atoms. The van der Waals surface area contributed by atoms with Crippen molar-refractivity contribution in [3.05, 3.63) is 24.3 Å². The van der Waals surface area contributed by atoms with Gasteiger partial charge in [0.2, 0.25) is 71.8 Å². The average Bonchev–Trinajstić information content (AvgIpc) is 0.818. The molecule has 0 aliphatic carbocycles. The fourth-order valence-electron chi connectivity index (χ4n) is 11.3. The number of esters is 1. The molecule has 1 aliphatic heterocycles. The van der Waals surface area contributed by atoms with Gasteiger partial charge in [-0.05, 0) is 101 Å². The van der Waals surface area contributed by atoms with Crippen LogP contribution >= 0.6 is 0 Å². The van der Waals surface area contributed by atoms with Crippen molar-refractivity contribution in [2.24, 2.45) is 41.4 Å². The van der Waals surface area contributed by atoms with E-state index in [-0.39, 0.29) is 62.2 Å². The summed E-state index contributed by atoms with van der Waals surface area (Å²) in [6.07, 6.45) is 1.57. The second-order valence-corrected chi connectivity index (χ2v) is 27.8. The number of ether oxygens (including phenoxy) is 3. The Kier molecular flexibility index (Phi) is 36.3. The highest BCUT2D eigenvalue weighted by molar-refractivity contribution is 6.00. The first kappa shape index (κ1) is 86.9. The number of likely N-dealkylation sites (N-methyl/N-ethyl adjacent to an activating group) is 7. The van der Waals surface area contributed by atoms with Crippen LogP contribution in [0.4, 0.5) is 4.79 Å². The molecule has 1 saturated heterocycles. The molecule has 97 heavy (non-hydrogen) atoms. The molecule has 0 aromatic heterocycles. The normalized spacial score (nSPS) is 24.9. The summed E-state index contributed by atoms with van der Waals surface area (Å²) in [6, 6.07) is -13.4. The van der Waals surface area contributed by atoms with Gasteiger partial charge in [-0.1, -0.05) is 109 Å². The Bertz CT molecular complexity index is 2810. The van der Waals surface area contributed by atoms with Crippen LogP contribution in [0.25, 0.3) is 0 Å². The van der Waals surface area contributed by atoms with Crippen LogP contribution in [0.5, 0.6) is 0 Å². The van der Waals surface area contributed by atoms with Crippen molar-refractivity contribution in [1.82, 2.24) is 55.6 Å². The number of carboxylic acids is 1. The van der Waals surface area contributed by atoms with Crippen molar-refractivity contribution in [2.75, 3.05) is 62.7 Å². The van der Waals surface area contributed by atoms with E-state index in [0.717, 1.165) is 19.6 Å². The van der Waals surface area contributed by atoms with Crippen molar-refractivity contribution in [2.45, 2.75) is 223 Å². The monoisotopic (exact) mass is 1370 g/mol. The Hall–Kier alpha value is -8.14. The molecule has 5 N–H and O–H groups in total. The molecule has 1 aliphatic rings. The summed E-state index contributed by atoms with van der Waals surface area (Å²) < 4.78 is 15.8. The zero-order chi connectivity index (χ0) is 75.0. The molecule has 1 heterocycles. The van der Waals surface area contributed by atoms with E-state index >= 15 is 19.2 Å². The Balaban J connectivity index is 4.54. The first-order valence-corrected chi connectivity index (χ1v) is 33.5. The molecule has 10 unspecified atom stereocenters. The summed E-state index contributed by atoms with van der Waals surface area (Å²) in [5, 5.41) is 19.8. The fraction of sp³-hybridized carbons (Fsp3) is 0.735. The number of hydrogen-bond acceptors (Lipinski definition) is 17. The Morgan fingerprint density at radius 3 is 1.43 bits per heavy atom. The minimum Gasteiger partial charge on any atom is -0.478 e. The number of aliphatic carboxylic acids is 1. The number of rotatable bonds is 20. The topological polar surface area (TPSA) is 358 Å². The van der Waals surface area contributed by atoms with E-state index in [0.29, 0.717) is 12.2 Å². The minimum absolute atomic E-state index is 0.0512. The molecular weight excluding hydrogens is 1260 g/mol. The van der Waals surface area contributed by atoms with Gasteiger partial charge in [-0.15, -0.1) is 0 Å². The molecule has 12 atom stereocenters. The predicted molar refractivity (Wildman–Crippen MR) is 362 cm³/mol. The number of carbonyl (C=O) groups is 14. The van der Waals surface area contributed by atoms with Gasteiger partial charge in [-0.3, -0.25) is 52.7 Å². The van der Waals surface area contributed by atoms with E-state index in [1.807, 2.05) is 55.4 Å². The second kappa shape index (κ2) is 40.5. The third-order valence-electron chi connectivity index (χ3n) is 17.0. The standard InChI is InChI=1S/C68H115N11O18/c1-25-27-28-43(15)57(97-68(94)96-36-95-53(83)30-29-52(81)82)56-61(87)71-46(26-2)63(89)73(18)35-51(80)74(19)47(31-37(3)4)60(86)72-54(41(11)12)66(92)75(20)48(32-38(5)6)59(85)69-44(16)58(84)70-45(17)62(88)76(21)49(33-39(7)8)64(90)77(22)50(34-40(9)10)65(91)78(23)55(42(13)14)67(93)79(56)24/h25,27,29-30,37-50,54-57H,26,28,31-36H2,1-24H3,(H,69,85)(H,70,84)(H,71,87)(H,72,86)(H,81,82)/b27-25+,30-29+/t43-,44?,45?,46?,47+,48?,49?,50?,54?,55?,56?,57?/m1/s1. The molecule has 1 rings (SSSR count).